The van der Waals surface area contributed by atoms with Crippen molar-refractivity contribution >= 4 is 0 Å². The van der Waals surface area contributed by atoms with E-state index in [0.717, 1.165) is 11.3 Å². The third-order valence-electron chi connectivity index (χ3n) is 1.90. The van der Waals surface area contributed by atoms with Gasteiger partial charge < -0.3 is 9.84 Å². The van der Waals surface area contributed by atoms with E-state index in [1.165, 1.54) is 5.56 Å². The van der Waals surface area contributed by atoms with E-state index in [-0.39, 0.29) is 6.61 Å². The lowest BCUT2D eigenvalue weighted by atomic mass is 10.1. The van der Waals surface area contributed by atoms with Crippen LogP contribution in [0.5, 0.6) is 5.75 Å². The predicted octanol–water partition coefficient (Wildman–Crippen LogP) is 1.93. The molecule has 1 N–H and O–H groups in total. The molecule has 0 aromatic heterocycles. The Morgan fingerprint density at radius 2 is 2.15 bits per heavy atom. The topological polar surface area (TPSA) is 29.5 Å². The first-order valence-electron chi connectivity index (χ1n) is 4.61. The maximum absolute atomic E-state index is 8.85. The van der Waals surface area contributed by atoms with Gasteiger partial charge in [0.2, 0.25) is 0 Å². The number of aryl methyl sites for hydroxylation is 1. The summed E-state index contributed by atoms with van der Waals surface area (Å²) in [5.74, 6) is 0.891. The van der Waals surface area contributed by atoms with Crippen LogP contribution in [0.1, 0.15) is 18.1 Å². The Kier molecular flexibility index (Phi) is 3.77. The molecule has 0 radical (unpaired) electrons. The number of ether oxygens (including phenoxy) is 1. The molecule has 13 heavy (non-hydrogen) atoms. The molecule has 0 aliphatic rings. The molecule has 0 spiro atoms. The minimum absolute atomic E-state index is 0.170. The first kappa shape index (κ1) is 10.1. The van der Waals surface area contributed by atoms with Gasteiger partial charge in [0.1, 0.15) is 5.75 Å². The lowest BCUT2D eigenvalue weighted by Crippen LogP contribution is -1.99. The Morgan fingerprint density at radius 1 is 1.38 bits per heavy atom. The van der Waals surface area contributed by atoms with E-state index in [1.807, 2.05) is 26.0 Å². The Balaban J connectivity index is 2.89. The predicted molar refractivity (Wildman–Crippen MR) is 53.1 cm³/mol. The normalized spacial score (nSPS) is 10.1. The number of benzene rings is 1. The SMILES string of the molecule is CCOc1ccc(C)cc1CCO. The molecule has 1 aromatic carbocycles. The van der Waals surface area contributed by atoms with E-state index in [4.69, 9.17) is 9.84 Å². The standard InChI is InChI=1S/C11H16O2/c1-3-13-11-5-4-9(2)8-10(11)6-7-12/h4-5,8,12H,3,6-7H2,1-2H3. The van der Waals surface area contributed by atoms with Crippen molar-refractivity contribution in [2.75, 3.05) is 13.2 Å². The van der Waals surface area contributed by atoms with E-state index in [2.05, 4.69) is 6.07 Å². The summed E-state index contributed by atoms with van der Waals surface area (Å²) in [6.45, 7) is 4.84. The van der Waals surface area contributed by atoms with Crippen molar-refractivity contribution in [2.24, 2.45) is 0 Å². The van der Waals surface area contributed by atoms with Crippen LogP contribution in [0.2, 0.25) is 0 Å². The highest BCUT2D eigenvalue weighted by atomic mass is 16.5. The summed E-state index contributed by atoms with van der Waals surface area (Å²) in [4.78, 5) is 0. The zero-order valence-corrected chi connectivity index (χ0v) is 8.21. The van der Waals surface area contributed by atoms with Gasteiger partial charge in [-0.2, -0.15) is 0 Å². The second kappa shape index (κ2) is 4.87. The highest BCUT2D eigenvalue weighted by molar-refractivity contribution is 5.37. The van der Waals surface area contributed by atoms with Crippen LogP contribution in [0.25, 0.3) is 0 Å². The molecule has 72 valence electrons. The monoisotopic (exact) mass is 180 g/mol. The summed E-state index contributed by atoms with van der Waals surface area (Å²) in [6.07, 6.45) is 0.664. The molecule has 1 rings (SSSR count). The first-order valence-corrected chi connectivity index (χ1v) is 4.61. The van der Waals surface area contributed by atoms with Crippen LogP contribution in [0.4, 0.5) is 0 Å². The highest BCUT2D eigenvalue weighted by Gasteiger charge is 2.02. The third-order valence-corrected chi connectivity index (χ3v) is 1.90. The van der Waals surface area contributed by atoms with Gasteiger partial charge in [-0.15, -0.1) is 0 Å². The molecule has 2 nitrogen and oxygen atoms in total. The van der Waals surface area contributed by atoms with Crippen LogP contribution in [0.15, 0.2) is 18.2 Å². The largest absolute Gasteiger partial charge is 0.494 e. The van der Waals surface area contributed by atoms with E-state index in [1.54, 1.807) is 0 Å². The molecule has 0 bridgehead atoms. The van der Waals surface area contributed by atoms with Crippen LogP contribution in [-0.2, 0) is 6.42 Å². The molecule has 0 saturated carbocycles. The summed E-state index contributed by atoms with van der Waals surface area (Å²) in [6, 6.07) is 6.04. The molecule has 2 heteroatoms. The van der Waals surface area contributed by atoms with Crippen LogP contribution in [0.3, 0.4) is 0 Å². The molecule has 0 amide bonds. The first-order chi connectivity index (χ1) is 6.27. The number of rotatable bonds is 4. The lowest BCUT2D eigenvalue weighted by molar-refractivity contribution is 0.292. The number of hydrogen-bond donors (Lipinski definition) is 1. The molecule has 1 aromatic rings. The Labute approximate surface area is 79.2 Å². The van der Waals surface area contributed by atoms with Crippen molar-refractivity contribution in [3.05, 3.63) is 29.3 Å². The van der Waals surface area contributed by atoms with E-state index in [9.17, 15) is 0 Å². The Bertz CT molecular complexity index is 269. The summed E-state index contributed by atoms with van der Waals surface area (Å²) < 4.78 is 5.43. The zero-order chi connectivity index (χ0) is 9.68. The van der Waals surface area contributed by atoms with Gasteiger partial charge in [-0.1, -0.05) is 17.7 Å². The van der Waals surface area contributed by atoms with Crippen molar-refractivity contribution in [3.8, 4) is 5.75 Å². The maximum Gasteiger partial charge on any atom is 0.122 e. The average molecular weight is 180 g/mol. The molecular weight excluding hydrogens is 164 g/mol. The molecule has 0 fully saturated rings. The molecular formula is C11H16O2. The quantitative estimate of drug-likeness (QED) is 0.767. The number of aliphatic hydroxyl groups is 1. The van der Waals surface area contributed by atoms with Crippen LogP contribution in [-0.4, -0.2) is 18.3 Å². The average Bonchev–Trinajstić information content (AvgIpc) is 2.10. The number of aliphatic hydroxyl groups excluding tert-OH is 1. The van der Waals surface area contributed by atoms with E-state index in [0.29, 0.717) is 13.0 Å². The van der Waals surface area contributed by atoms with Gasteiger partial charge in [0.25, 0.3) is 0 Å². The van der Waals surface area contributed by atoms with Crippen molar-refractivity contribution in [3.63, 3.8) is 0 Å². The minimum Gasteiger partial charge on any atom is -0.494 e. The van der Waals surface area contributed by atoms with Gasteiger partial charge in [0.15, 0.2) is 0 Å². The molecule has 0 aliphatic heterocycles. The van der Waals surface area contributed by atoms with Gasteiger partial charge in [-0.3, -0.25) is 0 Å². The molecule has 0 heterocycles. The molecule has 0 saturated heterocycles. The van der Waals surface area contributed by atoms with Crippen LogP contribution >= 0.6 is 0 Å². The minimum atomic E-state index is 0.170. The van der Waals surface area contributed by atoms with Gasteiger partial charge >= 0.3 is 0 Å². The third kappa shape index (κ3) is 2.74. The lowest BCUT2D eigenvalue weighted by Gasteiger charge is -2.09. The van der Waals surface area contributed by atoms with Crippen LogP contribution < -0.4 is 4.74 Å². The van der Waals surface area contributed by atoms with Crippen molar-refractivity contribution < 1.29 is 9.84 Å². The highest BCUT2D eigenvalue weighted by Crippen LogP contribution is 2.20. The second-order valence-corrected chi connectivity index (χ2v) is 3.02. The number of hydrogen-bond acceptors (Lipinski definition) is 2. The fraction of sp³-hybridized carbons (Fsp3) is 0.455. The van der Waals surface area contributed by atoms with E-state index < -0.39 is 0 Å². The zero-order valence-electron chi connectivity index (χ0n) is 8.21. The fourth-order valence-electron chi connectivity index (χ4n) is 1.32. The van der Waals surface area contributed by atoms with Crippen molar-refractivity contribution in [1.29, 1.82) is 0 Å². The molecule has 0 aliphatic carbocycles. The van der Waals surface area contributed by atoms with Gasteiger partial charge in [0.05, 0.1) is 6.61 Å². The summed E-state index contributed by atoms with van der Waals surface area (Å²) in [7, 11) is 0. The maximum atomic E-state index is 8.85. The van der Waals surface area contributed by atoms with Gasteiger partial charge in [0, 0.05) is 6.61 Å². The summed E-state index contributed by atoms with van der Waals surface area (Å²) >= 11 is 0. The van der Waals surface area contributed by atoms with Gasteiger partial charge in [-0.05, 0) is 31.9 Å². The Hall–Kier alpha value is -1.02. The second-order valence-electron chi connectivity index (χ2n) is 3.02. The fourth-order valence-corrected chi connectivity index (χ4v) is 1.32. The van der Waals surface area contributed by atoms with Crippen molar-refractivity contribution in [1.82, 2.24) is 0 Å². The summed E-state index contributed by atoms with van der Waals surface area (Å²) in [5, 5.41) is 8.85. The summed E-state index contributed by atoms with van der Waals surface area (Å²) in [5.41, 5.74) is 2.29. The smallest absolute Gasteiger partial charge is 0.122 e. The molecule has 0 unspecified atom stereocenters. The Morgan fingerprint density at radius 3 is 2.77 bits per heavy atom. The van der Waals surface area contributed by atoms with Crippen LogP contribution in [0, 0.1) is 6.92 Å². The molecule has 0 atom stereocenters. The van der Waals surface area contributed by atoms with Gasteiger partial charge in [-0.25, -0.2) is 0 Å². The van der Waals surface area contributed by atoms with Crippen molar-refractivity contribution in [2.45, 2.75) is 20.3 Å². The van der Waals surface area contributed by atoms with E-state index >= 15 is 0 Å².